The summed E-state index contributed by atoms with van der Waals surface area (Å²) in [5.74, 6) is 1.44. The maximum atomic E-state index is 6.15. The van der Waals surface area contributed by atoms with E-state index in [9.17, 15) is 0 Å². The van der Waals surface area contributed by atoms with Crippen molar-refractivity contribution < 1.29 is 0 Å². The largest absolute Gasteiger partial charge is 0.317 e. The summed E-state index contributed by atoms with van der Waals surface area (Å²) in [4.78, 5) is 1.37. The van der Waals surface area contributed by atoms with Crippen LogP contribution in [0.5, 0.6) is 0 Å². The fraction of sp³-hybridized carbons (Fsp3) is 0.636. The lowest BCUT2D eigenvalue weighted by Crippen LogP contribution is -2.30. The minimum atomic E-state index is 0.629. The van der Waals surface area contributed by atoms with E-state index in [0.29, 0.717) is 5.92 Å². The van der Waals surface area contributed by atoms with Gasteiger partial charge >= 0.3 is 0 Å². The van der Waals surface area contributed by atoms with Crippen LogP contribution in [0.2, 0.25) is 5.02 Å². The third-order valence-corrected chi connectivity index (χ3v) is 4.71. The molecule has 1 unspecified atom stereocenters. The Labute approximate surface area is 94.5 Å². The van der Waals surface area contributed by atoms with Gasteiger partial charge in [0, 0.05) is 4.88 Å². The smallest absolute Gasteiger partial charge is 0.0547 e. The summed E-state index contributed by atoms with van der Waals surface area (Å²) in [5.41, 5.74) is 0. The first-order valence-electron chi connectivity index (χ1n) is 5.22. The van der Waals surface area contributed by atoms with Crippen LogP contribution < -0.4 is 5.32 Å². The molecule has 1 atom stereocenters. The lowest BCUT2D eigenvalue weighted by Gasteiger charge is -2.27. The maximum Gasteiger partial charge on any atom is 0.0547 e. The van der Waals surface area contributed by atoms with Gasteiger partial charge in [0.15, 0.2) is 0 Å². The minimum absolute atomic E-state index is 0.629. The molecular formula is C11H16ClNS. The van der Waals surface area contributed by atoms with Crippen molar-refractivity contribution >= 4 is 22.9 Å². The third kappa shape index (κ3) is 2.13. The van der Waals surface area contributed by atoms with Gasteiger partial charge in [-0.3, -0.25) is 0 Å². The highest BCUT2D eigenvalue weighted by molar-refractivity contribution is 7.10. The lowest BCUT2D eigenvalue weighted by atomic mass is 9.85. The van der Waals surface area contributed by atoms with E-state index in [1.807, 2.05) is 6.07 Å². The molecule has 0 aromatic carbocycles. The van der Waals surface area contributed by atoms with Crippen molar-refractivity contribution in [2.45, 2.75) is 25.7 Å². The van der Waals surface area contributed by atoms with Crippen LogP contribution in [0.4, 0.5) is 0 Å². The zero-order valence-electron chi connectivity index (χ0n) is 8.42. The Bertz CT molecular complexity index is 291. The molecule has 1 fully saturated rings. The van der Waals surface area contributed by atoms with Crippen molar-refractivity contribution in [2.75, 3.05) is 13.1 Å². The average Bonchev–Trinajstić information content (AvgIpc) is 2.65. The Balaban J connectivity index is 2.07. The Morgan fingerprint density at radius 3 is 2.79 bits per heavy atom. The van der Waals surface area contributed by atoms with E-state index in [0.717, 1.165) is 24.0 Å². The second-order valence-corrected chi connectivity index (χ2v) is 5.36. The molecule has 2 heterocycles. The fourth-order valence-electron chi connectivity index (χ4n) is 2.19. The van der Waals surface area contributed by atoms with Crippen molar-refractivity contribution in [3.63, 3.8) is 0 Å². The molecule has 1 aliphatic heterocycles. The van der Waals surface area contributed by atoms with Gasteiger partial charge in [0.05, 0.1) is 5.02 Å². The van der Waals surface area contributed by atoms with Gasteiger partial charge in [-0.2, -0.15) is 0 Å². The molecule has 1 N–H and O–H groups in total. The first-order valence-corrected chi connectivity index (χ1v) is 6.48. The van der Waals surface area contributed by atoms with Crippen molar-refractivity contribution in [3.8, 4) is 0 Å². The summed E-state index contributed by atoms with van der Waals surface area (Å²) in [7, 11) is 0. The maximum absolute atomic E-state index is 6.15. The minimum Gasteiger partial charge on any atom is -0.317 e. The summed E-state index contributed by atoms with van der Waals surface area (Å²) in [6.45, 7) is 4.64. The third-order valence-electron chi connectivity index (χ3n) is 3.15. The number of halogens is 1. The van der Waals surface area contributed by atoms with E-state index < -0.39 is 0 Å². The molecule has 1 aromatic rings. The number of hydrogen-bond acceptors (Lipinski definition) is 2. The van der Waals surface area contributed by atoms with E-state index in [1.54, 1.807) is 11.3 Å². The highest BCUT2D eigenvalue weighted by atomic mass is 35.5. The molecule has 1 aliphatic rings. The number of hydrogen-bond donors (Lipinski definition) is 1. The van der Waals surface area contributed by atoms with Crippen molar-refractivity contribution in [1.29, 1.82) is 0 Å². The number of rotatable bonds is 2. The first-order chi connectivity index (χ1) is 6.79. The molecule has 0 bridgehead atoms. The fourth-order valence-corrected chi connectivity index (χ4v) is 3.57. The highest BCUT2D eigenvalue weighted by Crippen LogP contribution is 2.37. The molecule has 1 nitrogen and oxygen atoms in total. The van der Waals surface area contributed by atoms with Gasteiger partial charge in [0.1, 0.15) is 0 Å². The average molecular weight is 230 g/mol. The zero-order chi connectivity index (χ0) is 9.97. The van der Waals surface area contributed by atoms with Crippen molar-refractivity contribution in [2.24, 2.45) is 5.92 Å². The second-order valence-electron chi connectivity index (χ2n) is 4.01. The van der Waals surface area contributed by atoms with Crippen LogP contribution in [-0.2, 0) is 0 Å². The monoisotopic (exact) mass is 229 g/mol. The molecule has 2 rings (SSSR count). The van der Waals surface area contributed by atoms with Crippen LogP contribution in [-0.4, -0.2) is 13.1 Å². The van der Waals surface area contributed by atoms with Gasteiger partial charge in [0.25, 0.3) is 0 Å². The predicted molar refractivity (Wildman–Crippen MR) is 63.3 cm³/mol. The van der Waals surface area contributed by atoms with Gasteiger partial charge in [-0.15, -0.1) is 11.3 Å². The van der Waals surface area contributed by atoms with E-state index in [-0.39, 0.29) is 0 Å². The Kier molecular flexibility index (Phi) is 3.47. The Morgan fingerprint density at radius 2 is 2.21 bits per heavy atom. The summed E-state index contributed by atoms with van der Waals surface area (Å²) < 4.78 is 0. The number of thiophene rings is 1. The molecule has 0 amide bonds. The SMILES string of the molecule is CC(c1sccc1Cl)C1CCNCC1. The molecule has 14 heavy (non-hydrogen) atoms. The molecule has 0 saturated carbocycles. The van der Waals surface area contributed by atoms with Gasteiger partial charge in [0.2, 0.25) is 0 Å². The number of piperidine rings is 1. The van der Waals surface area contributed by atoms with Crippen LogP contribution >= 0.6 is 22.9 Å². The molecule has 0 aliphatic carbocycles. The Hall–Kier alpha value is -0.0500. The molecule has 1 saturated heterocycles. The van der Waals surface area contributed by atoms with Crippen LogP contribution in [0.25, 0.3) is 0 Å². The van der Waals surface area contributed by atoms with Gasteiger partial charge in [-0.25, -0.2) is 0 Å². The standard InChI is InChI=1S/C11H16ClNS/c1-8(9-2-5-13-6-3-9)11-10(12)4-7-14-11/h4,7-9,13H,2-3,5-6H2,1H3. The molecule has 0 spiro atoms. The number of nitrogens with one attached hydrogen (secondary N) is 1. The van der Waals surface area contributed by atoms with Crippen LogP contribution in [0.1, 0.15) is 30.6 Å². The van der Waals surface area contributed by atoms with Crippen LogP contribution in [0.3, 0.4) is 0 Å². The lowest BCUT2D eigenvalue weighted by molar-refractivity contribution is 0.333. The second kappa shape index (κ2) is 4.65. The topological polar surface area (TPSA) is 12.0 Å². The Morgan fingerprint density at radius 1 is 1.50 bits per heavy atom. The first kappa shape index (κ1) is 10.5. The van der Waals surface area contributed by atoms with Gasteiger partial charge in [-0.05, 0) is 49.2 Å². The van der Waals surface area contributed by atoms with Crippen LogP contribution in [0, 0.1) is 5.92 Å². The van der Waals surface area contributed by atoms with Crippen molar-refractivity contribution in [3.05, 3.63) is 21.3 Å². The van der Waals surface area contributed by atoms with E-state index in [2.05, 4.69) is 17.6 Å². The van der Waals surface area contributed by atoms with E-state index in [4.69, 9.17) is 11.6 Å². The highest BCUT2D eigenvalue weighted by Gasteiger charge is 2.23. The van der Waals surface area contributed by atoms with Crippen LogP contribution in [0.15, 0.2) is 11.4 Å². The molecule has 3 heteroatoms. The molecule has 0 radical (unpaired) electrons. The molecule has 1 aromatic heterocycles. The van der Waals surface area contributed by atoms with Gasteiger partial charge in [-0.1, -0.05) is 18.5 Å². The molecule has 78 valence electrons. The molecular weight excluding hydrogens is 214 g/mol. The summed E-state index contributed by atoms with van der Waals surface area (Å²) in [6, 6.07) is 2.01. The summed E-state index contributed by atoms with van der Waals surface area (Å²) >= 11 is 7.95. The normalized spacial score (nSPS) is 21.0. The summed E-state index contributed by atoms with van der Waals surface area (Å²) in [5, 5.41) is 6.45. The van der Waals surface area contributed by atoms with E-state index >= 15 is 0 Å². The van der Waals surface area contributed by atoms with Crippen molar-refractivity contribution in [1.82, 2.24) is 5.32 Å². The quantitative estimate of drug-likeness (QED) is 0.819. The predicted octanol–water partition coefficient (Wildman–Crippen LogP) is 3.50. The van der Waals surface area contributed by atoms with Gasteiger partial charge < -0.3 is 5.32 Å². The zero-order valence-corrected chi connectivity index (χ0v) is 10.00. The summed E-state index contributed by atoms with van der Waals surface area (Å²) in [6.07, 6.45) is 2.57. The van der Waals surface area contributed by atoms with E-state index in [1.165, 1.54) is 17.7 Å².